The van der Waals surface area contributed by atoms with Crippen molar-refractivity contribution >= 4 is 11.9 Å². The Morgan fingerprint density at radius 2 is 2.19 bits per heavy atom. The lowest BCUT2D eigenvalue weighted by molar-refractivity contribution is -0.149. The molecule has 1 aromatic heterocycles. The summed E-state index contributed by atoms with van der Waals surface area (Å²) < 4.78 is 0. The highest BCUT2D eigenvalue weighted by Crippen LogP contribution is 2.19. The van der Waals surface area contributed by atoms with E-state index in [-0.39, 0.29) is 18.9 Å². The van der Waals surface area contributed by atoms with E-state index in [4.69, 9.17) is 5.11 Å². The summed E-state index contributed by atoms with van der Waals surface area (Å²) in [6.07, 6.45) is -0.0970. The van der Waals surface area contributed by atoms with Crippen molar-refractivity contribution in [1.29, 1.82) is 0 Å². The maximum atomic E-state index is 11.4. The number of aromatic nitrogens is 4. The second kappa shape index (κ2) is 4.69. The molecule has 0 atom stereocenters. The molecule has 0 aliphatic rings. The van der Waals surface area contributed by atoms with Gasteiger partial charge in [-0.1, -0.05) is 5.21 Å². The van der Waals surface area contributed by atoms with Gasteiger partial charge in [0.2, 0.25) is 5.91 Å². The van der Waals surface area contributed by atoms with Crippen molar-refractivity contribution in [2.45, 2.75) is 26.8 Å². The molecule has 3 N–H and O–H groups in total. The fourth-order valence-corrected chi connectivity index (χ4v) is 0.975. The number of hydrogen-bond acceptors (Lipinski definition) is 5. The largest absolute Gasteiger partial charge is 0.481 e. The first-order valence-corrected chi connectivity index (χ1v) is 4.64. The molecule has 1 aromatic rings. The molecule has 0 radical (unpaired) electrons. The molecular weight excluding hydrogens is 214 g/mol. The zero-order valence-corrected chi connectivity index (χ0v) is 9.02. The zero-order valence-electron chi connectivity index (χ0n) is 9.02. The van der Waals surface area contributed by atoms with Gasteiger partial charge in [-0.2, -0.15) is 5.21 Å². The van der Waals surface area contributed by atoms with E-state index in [9.17, 15) is 9.59 Å². The van der Waals surface area contributed by atoms with E-state index >= 15 is 0 Å². The second-order valence-corrected chi connectivity index (χ2v) is 3.97. The van der Waals surface area contributed by atoms with Gasteiger partial charge in [-0.3, -0.25) is 9.59 Å². The minimum atomic E-state index is -1.08. The minimum Gasteiger partial charge on any atom is -0.481 e. The van der Waals surface area contributed by atoms with E-state index in [0.717, 1.165) is 0 Å². The number of aliphatic carboxylic acids is 1. The molecule has 0 aliphatic heterocycles. The highest BCUT2D eigenvalue weighted by atomic mass is 16.4. The maximum Gasteiger partial charge on any atom is 0.309 e. The van der Waals surface area contributed by atoms with Gasteiger partial charge in [-0.05, 0) is 13.8 Å². The van der Waals surface area contributed by atoms with E-state index in [2.05, 4.69) is 25.9 Å². The lowest BCUT2D eigenvalue weighted by Crippen LogP contribution is -2.33. The lowest BCUT2D eigenvalue weighted by atomic mass is 9.89. The Balaban J connectivity index is 2.39. The monoisotopic (exact) mass is 227 g/mol. The molecule has 0 fully saturated rings. The van der Waals surface area contributed by atoms with Gasteiger partial charge in [0.1, 0.15) is 0 Å². The van der Waals surface area contributed by atoms with Crippen molar-refractivity contribution < 1.29 is 14.7 Å². The quantitative estimate of drug-likeness (QED) is 0.612. The molecule has 8 nitrogen and oxygen atoms in total. The number of carbonyl (C=O) groups excluding carboxylic acids is 1. The molecule has 0 aromatic carbocycles. The fourth-order valence-electron chi connectivity index (χ4n) is 0.975. The first-order valence-electron chi connectivity index (χ1n) is 4.64. The van der Waals surface area contributed by atoms with Crippen LogP contribution in [-0.4, -0.2) is 37.6 Å². The lowest BCUT2D eigenvalue weighted by Gasteiger charge is -2.17. The average Bonchev–Trinajstić information content (AvgIpc) is 2.66. The van der Waals surface area contributed by atoms with E-state index in [1.807, 2.05) is 0 Å². The third-order valence-corrected chi connectivity index (χ3v) is 2.01. The summed E-state index contributed by atoms with van der Waals surface area (Å²) in [7, 11) is 0. The van der Waals surface area contributed by atoms with Gasteiger partial charge in [0, 0.05) is 6.42 Å². The number of nitrogens with one attached hydrogen (secondary N) is 2. The van der Waals surface area contributed by atoms with Crippen LogP contribution in [-0.2, 0) is 16.1 Å². The predicted molar refractivity (Wildman–Crippen MR) is 52.1 cm³/mol. The number of amides is 1. The molecular formula is C8H13N5O3. The molecule has 0 spiro atoms. The minimum absolute atomic E-state index is 0.0970. The number of hydrogen-bond donors (Lipinski definition) is 3. The topological polar surface area (TPSA) is 121 Å². The summed E-state index contributed by atoms with van der Waals surface area (Å²) >= 11 is 0. The Kier molecular flexibility index (Phi) is 3.54. The Bertz CT molecular complexity index is 373. The highest BCUT2D eigenvalue weighted by molar-refractivity contribution is 5.84. The first kappa shape index (κ1) is 12.1. The average molecular weight is 227 g/mol. The summed E-state index contributed by atoms with van der Waals surface area (Å²) in [6, 6.07) is 0. The standard InChI is InChI=1S/C8H13N5O3/c1-8(2,7(15)16)3-6(14)9-4-5-10-12-13-11-5/h3-4H2,1-2H3,(H,9,14)(H,15,16)(H,10,11,12,13). The molecule has 8 heteroatoms. The summed E-state index contributed by atoms with van der Waals surface area (Å²) in [5.74, 6) is -1.03. The van der Waals surface area contributed by atoms with Crippen LogP contribution in [0.15, 0.2) is 0 Å². The van der Waals surface area contributed by atoms with E-state index < -0.39 is 11.4 Å². The number of rotatable bonds is 5. The van der Waals surface area contributed by atoms with Gasteiger partial charge >= 0.3 is 5.97 Å². The van der Waals surface area contributed by atoms with Crippen LogP contribution in [0.25, 0.3) is 0 Å². The second-order valence-electron chi connectivity index (χ2n) is 3.97. The molecule has 1 heterocycles. The molecule has 1 rings (SSSR count). The number of carboxylic acid groups (broad SMARTS) is 1. The molecule has 0 bridgehead atoms. The van der Waals surface area contributed by atoms with Gasteiger partial charge in [0.25, 0.3) is 0 Å². The van der Waals surface area contributed by atoms with Gasteiger partial charge in [0.05, 0.1) is 12.0 Å². The van der Waals surface area contributed by atoms with Crippen molar-refractivity contribution in [2.24, 2.45) is 5.41 Å². The van der Waals surface area contributed by atoms with Crippen LogP contribution in [0, 0.1) is 5.41 Å². The van der Waals surface area contributed by atoms with Crippen LogP contribution >= 0.6 is 0 Å². The smallest absolute Gasteiger partial charge is 0.309 e. The van der Waals surface area contributed by atoms with Crippen LogP contribution < -0.4 is 5.32 Å². The Morgan fingerprint density at radius 3 is 2.69 bits per heavy atom. The first-order chi connectivity index (χ1) is 7.42. The Morgan fingerprint density at radius 1 is 1.50 bits per heavy atom. The normalized spacial score (nSPS) is 11.1. The van der Waals surface area contributed by atoms with Crippen LogP contribution in [0.1, 0.15) is 26.1 Å². The van der Waals surface area contributed by atoms with Gasteiger partial charge in [0.15, 0.2) is 5.82 Å². The van der Waals surface area contributed by atoms with Gasteiger partial charge < -0.3 is 10.4 Å². The summed E-state index contributed by atoms with van der Waals surface area (Å²) in [4.78, 5) is 22.2. The Labute approximate surface area is 91.4 Å². The number of H-pyrrole nitrogens is 1. The van der Waals surface area contributed by atoms with Crippen molar-refractivity contribution in [3.63, 3.8) is 0 Å². The van der Waals surface area contributed by atoms with Gasteiger partial charge in [-0.15, -0.1) is 10.2 Å². The van der Waals surface area contributed by atoms with E-state index in [1.165, 1.54) is 13.8 Å². The maximum absolute atomic E-state index is 11.4. The molecule has 16 heavy (non-hydrogen) atoms. The number of nitrogens with zero attached hydrogens (tertiary/aromatic N) is 3. The molecule has 0 aliphatic carbocycles. The van der Waals surface area contributed by atoms with E-state index in [1.54, 1.807) is 0 Å². The van der Waals surface area contributed by atoms with Crippen molar-refractivity contribution in [2.75, 3.05) is 0 Å². The van der Waals surface area contributed by atoms with Crippen molar-refractivity contribution in [3.05, 3.63) is 5.82 Å². The number of tetrazole rings is 1. The third kappa shape index (κ3) is 3.30. The number of aromatic amines is 1. The summed E-state index contributed by atoms with van der Waals surface area (Å²) in [5.41, 5.74) is -1.08. The van der Waals surface area contributed by atoms with Crippen LogP contribution in [0.3, 0.4) is 0 Å². The predicted octanol–water partition coefficient (Wildman–Crippen LogP) is -0.683. The van der Waals surface area contributed by atoms with E-state index in [0.29, 0.717) is 5.82 Å². The zero-order chi connectivity index (χ0) is 12.2. The SMILES string of the molecule is CC(C)(CC(=O)NCc1nn[nH]n1)C(=O)O. The van der Waals surface area contributed by atoms with Gasteiger partial charge in [-0.25, -0.2) is 0 Å². The number of carbonyl (C=O) groups is 2. The highest BCUT2D eigenvalue weighted by Gasteiger charge is 2.29. The third-order valence-electron chi connectivity index (χ3n) is 2.01. The van der Waals surface area contributed by atoms with Crippen LogP contribution in [0.4, 0.5) is 0 Å². The summed E-state index contributed by atoms with van der Waals surface area (Å²) in [5, 5.41) is 24.2. The molecule has 0 saturated carbocycles. The van der Waals surface area contributed by atoms with Crippen LogP contribution in [0.2, 0.25) is 0 Å². The molecule has 0 saturated heterocycles. The molecule has 1 amide bonds. The molecule has 0 unspecified atom stereocenters. The Hall–Kier alpha value is -1.99. The van der Waals surface area contributed by atoms with Crippen molar-refractivity contribution in [3.8, 4) is 0 Å². The van der Waals surface area contributed by atoms with Crippen molar-refractivity contribution in [1.82, 2.24) is 25.9 Å². The summed E-state index contributed by atoms with van der Waals surface area (Å²) in [6.45, 7) is 3.11. The molecule has 88 valence electrons. The van der Waals surface area contributed by atoms with Crippen LogP contribution in [0.5, 0.6) is 0 Å². The number of carboxylic acids is 1. The fraction of sp³-hybridized carbons (Fsp3) is 0.625.